The molecule has 1 N–H and O–H groups in total. The lowest BCUT2D eigenvalue weighted by atomic mass is 10.0. The number of carbonyl (C=O) groups excluding carboxylic acids is 1. The molecule has 5 nitrogen and oxygen atoms in total. The smallest absolute Gasteiger partial charge is 0.270 e. The topological polar surface area (TPSA) is 59.8 Å². The quantitative estimate of drug-likeness (QED) is 0.767. The maximum Gasteiger partial charge on any atom is 0.270 e. The van der Waals surface area contributed by atoms with Crippen LogP contribution >= 0.6 is 0 Å². The summed E-state index contributed by atoms with van der Waals surface area (Å²) in [5.74, 6) is -2.15. The number of amides is 1. The molecular weight excluding hydrogens is 350 g/mol. The molecule has 0 saturated heterocycles. The predicted octanol–water partition coefficient (Wildman–Crippen LogP) is 3.49. The molecule has 1 fully saturated rings. The van der Waals surface area contributed by atoms with Gasteiger partial charge in [-0.25, -0.2) is 13.8 Å². The van der Waals surface area contributed by atoms with Crippen LogP contribution in [0, 0.1) is 18.6 Å². The highest BCUT2D eigenvalue weighted by Crippen LogP contribution is 2.46. The van der Waals surface area contributed by atoms with Crippen LogP contribution in [0.15, 0.2) is 42.7 Å². The van der Waals surface area contributed by atoms with Gasteiger partial charge in [0.15, 0.2) is 11.6 Å². The van der Waals surface area contributed by atoms with Gasteiger partial charge >= 0.3 is 0 Å². The van der Waals surface area contributed by atoms with Crippen LogP contribution in [0.1, 0.15) is 34.5 Å². The Morgan fingerprint density at radius 3 is 2.59 bits per heavy atom. The Balaban J connectivity index is 1.62. The fourth-order valence-corrected chi connectivity index (χ4v) is 3.15. The average Bonchev–Trinajstić information content (AvgIpc) is 3.29. The number of hydrogen-bond acceptors (Lipinski definition) is 3. The number of aryl methyl sites for hydroxylation is 2. The third kappa shape index (κ3) is 3.20. The number of pyridine rings is 1. The first-order valence-corrected chi connectivity index (χ1v) is 8.63. The van der Waals surface area contributed by atoms with Crippen molar-refractivity contribution < 1.29 is 13.6 Å². The van der Waals surface area contributed by atoms with Crippen LogP contribution in [0.3, 0.4) is 0 Å². The lowest BCUT2D eigenvalue weighted by Gasteiger charge is -2.19. The first kappa shape index (κ1) is 17.3. The maximum absolute atomic E-state index is 13.6. The van der Waals surface area contributed by atoms with Gasteiger partial charge in [0.05, 0.1) is 17.4 Å². The number of hydrogen-bond donors (Lipinski definition) is 1. The molecule has 0 aliphatic heterocycles. The van der Waals surface area contributed by atoms with E-state index in [1.165, 1.54) is 6.07 Å². The van der Waals surface area contributed by atoms with Crippen molar-refractivity contribution in [2.45, 2.75) is 25.3 Å². The molecule has 3 aromatic rings. The molecule has 1 aliphatic rings. The van der Waals surface area contributed by atoms with Crippen LogP contribution in [0.4, 0.5) is 8.78 Å². The van der Waals surface area contributed by atoms with E-state index in [9.17, 15) is 13.6 Å². The normalized spacial score (nSPS) is 14.8. The predicted molar refractivity (Wildman–Crippen MR) is 95.9 cm³/mol. The van der Waals surface area contributed by atoms with Gasteiger partial charge in [0.2, 0.25) is 0 Å². The summed E-state index contributed by atoms with van der Waals surface area (Å²) in [6.45, 7) is 1.81. The van der Waals surface area contributed by atoms with Gasteiger partial charge in [0.1, 0.15) is 5.69 Å². The molecule has 7 heteroatoms. The Bertz CT molecular complexity index is 1040. The van der Waals surface area contributed by atoms with E-state index in [4.69, 9.17) is 0 Å². The van der Waals surface area contributed by atoms with Crippen molar-refractivity contribution in [1.82, 2.24) is 20.1 Å². The van der Waals surface area contributed by atoms with E-state index in [-0.39, 0.29) is 5.91 Å². The second-order valence-electron chi connectivity index (χ2n) is 6.93. The largest absolute Gasteiger partial charge is 0.341 e. The third-order valence-corrected chi connectivity index (χ3v) is 4.89. The number of benzene rings is 1. The van der Waals surface area contributed by atoms with Gasteiger partial charge < -0.3 is 5.32 Å². The second-order valence-corrected chi connectivity index (χ2v) is 6.93. The molecule has 27 heavy (non-hydrogen) atoms. The number of nitrogens with zero attached hydrogens (tertiary/aromatic N) is 3. The molecule has 0 unspecified atom stereocenters. The zero-order valence-electron chi connectivity index (χ0n) is 15.0. The van der Waals surface area contributed by atoms with E-state index in [2.05, 4.69) is 15.4 Å². The molecule has 138 valence electrons. The van der Waals surface area contributed by atoms with E-state index >= 15 is 0 Å². The van der Waals surface area contributed by atoms with Gasteiger partial charge in [-0.3, -0.25) is 9.48 Å². The van der Waals surface area contributed by atoms with Crippen molar-refractivity contribution in [2.75, 3.05) is 0 Å². The molecule has 0 radical (unpaired) electrons. The van der Waals surface area contributed by atoms with Gasteiger partial charge in [-0.15, -0.1) is 0 Å². The highest BCUT2D eigenvalue weighted by Gasteiger charge is 2.46. The molecule has 0 bridgehead atoms. The van der Waals surface area contributed by atoms with Crippen molar-refractivity contribution in [3.05, 3.63) is 71.2 Å². The van der Waals surface area contributed by atoms with Crippen molar-refractivity contribution in [3.8, 4) is 11.3 Å². The van der Waals surface area contributed by atoms with Crippen molar-refractivity contribution in [2.24, 2.45) is 7.05 Å². The minimum atomic E-state index is -0.916. The zero-order valence-corrected chi connectivity index (χ0v) is 15.0. The minimum Gasteiger partial charge on any atom is -0.341 e. The fraction of sp³-hybridized carbons (Fsp3) is 0.250. The van der Waals surface area contributed by atoms with Crippen molar-refractivity contribution >= 4 is 5.91 Å². The van der Waals surface area contributed by atoms with E-state index in [1.54, 1.807) is 10.9 Å². The number of halogens is 2. The highest BCUT2D eigenvalue weighted by molar-refractivity contribution is 5.95. The minimum absolute atomic E-state index is 0.310. The Hall–Kier alpha value is -3.09. The summed E-state index contributed by atoms with van der Waals surface area (Å²) in [6.07, 6.45) is 4.85. The van der Waals surface area contributed by atoms with E-state index in [0.717, 1.165) is 23.3 Å². The summed E-state index contributed by atoms with van der Waals surface area (Å²) in [6, 6.07) is 7.42. The van der Waals surface area contributed by atoms with Crippen LogP contribution < -0.4 is 5.32 Å². The monoisotopic (exact) mass is 368 g/mol. The molecule has 0 spiro atoms. The lowest BCUT2D eigenvalue weighted by Crippen LogP contribution is -2.36. The number of carbonyl (C=O) groups is 1. The number of nitrogens with one attached hydrogen (secondary N) is 1. The molecule has 0 atom stereocenters. The molecule has 1 amide bonds. The summed E-state index contributed by atoms with van der Waals surface area (Å²) in [5, 5.41) is 7.08. The lowest BCUT2D eigenvalue weighted by molar-refractivity contribution is 0.0925. The Morgan fingerprint density at radius 1 is 1.19 bits per heavy atom. The molecule has 1 aromatic carbocycles. The summed E-state index contributed by atoms with van der Waals surface area (Å²) in [4.78, 5) is 17.4. The van der Waals surface area contributed by atoms with E-state index in [1.807, 2.05) is 32.3 Å². The van der Waals surface area contributed by atoms with Gasteiger partial charge in [0, 0.05) is 18.8 Å². The number of rotatable bonds is 4. The summed E-state index contributed by atoms with van der Waals surface area (Å²) >= 11 is 0. The average molecular weight is 368 g/mol. The first-order chi connectivity index (χ1) is 12.9. The molecular formula is C20H18F2N4O. The van der Waals surface area contributed by atoms with Gasteiger partial charge in [-0.05, 0) is 49.1 Å². The second kappa shape index (κ2) is 6.26. The van der Waals surface area contributed by atoms with Gasteiger partial charge in [-0.2, -0.15) is 5.10 Å². The van der Waals surface area contributed by atoms with E-state index in [0.29, 0.717) is 29.8 Å². The van der Waals surface area contributed by atoms with Crippen LogP contribution in [0.2, 0.25) is 0 Å². The zero-order chi connectivity index (χ0) is 19.2. The number of aromatic nitrogens is 3. The van der Waals surface area contributed by atoms with Crippen molar-refractivity contribution in [1.29, 1.82) is 0 Å². The Morgan fingerprint density at radius 2 is 1.96 bits per heavy atom. The SMILES string of the molecule is Cc1ccc(-c2cnn(C)c2)nc1C(=O)NC1(c2ccc(F)c(F)c2)CC1. The highest BCUT2D eigenvalue weighted by atomic mass is 19.2. The van der Waals surface area contributed by atoms with Crippen LogP contribution in [0.25, 0.3) is 11.3 Å². The van der Waals surface area contributed by atoms with E-state index < -0.39 is 17.2 Å². The third-order valence-electron chi connectivity index (χ3n) is 4.89. The van der Waals surface area contributed by atoms with Gasteiger partial charge in [0.25, 0.3) is 5.91 Å². The summed E-state index contributed by atoms with van der Waals surface area (Å²) < 4.78 is 28.5. The summed E-state index contributed by atoms with van der Waals surface area (Å²) in [7, 11) is 1.81. The first-order valence-electron chi connectivity index (χ1n) is 8.63. The van der Waals surface area contributed by atoms with Gasteiger partial charge in [-0.1, -0.05) is 12.1 Å². The molecule has 2 aromatic heterocycles. The summed E-state index contributed by atoms with van der Waals surface area (Å²) in [5.41, 5.74) is 2.41. The van der Waals surface area contributed by atoms with Crippen LogP contribution in [0.5, 0.6) is 0 Å². The Labute approximate surface area is 155 Å². The molecule has 2 heterocycles. The molecule has 1 aliphatic carbocycles. The molecule has 4 rings (SSSR count). The standard InChI is InChI=1S/C20H18F2N4O/c1-12-3-6-17(13-10-23-26(2)11-13)24-18(12)19(27)25-20(7-8-20)14-4-5-15(21)16(22)9-14/h3-6,9-11H,7-8H2,1-2H3,(H,25,27). The van der Waals surface area contributed by atoms with Crippen molar-refractivity contribution in [3.63, 3.8) is 0 Å². The maximum atomic E-state index is 13.6. The Kier molecular flexibility index (Phi) is 4.02. The fourth-order valence-electron chi connectivity index (χ4n) is 3.15. The molecule has 1 saturated carbocycles. The van der Waals surface area contributed by atoms with Crippen LogP contribution in [-0.4, -0.2) is 20.7 Å². The van der Waals surface area contributed by atoms with Crippen LogP contribution in [-0.2, 0) is 12.6 Å².